The lowest BCUT2D eigenvalue weighted by Crippen LogP contribution is -2.43. The number of rotatable bonds is 5. The molecule has 0 bridgehead atoms. The van der Waals surface area contributed by atoms with Crippen LogP contribution in [0, 0.1) is 6.92 Å². The Balaban J connectivity index is 1.55. The van der Waals surface area contributed by atoms with E-state index in [1.165, 1.54) is 0 Å². The van der Waals surface area contributed by atoms with E-state index in [0.29, 0.717) is 49.7 Å². The third-order valence-electron chi connectivity index (χ3n) is 5.51. The minimum Gasteiger partial charge on any atom is -0.508 e. The molecule has 0 unspecified atom stereocenters. The van der Waals surface area contributed by atoms with Gasteiger partial charge in [-0.3, -0.25) is 4.79 Å². The minimum atomic E-state index is -0.949. The molecule has 2 aromatic heterocycles. The summed E-state index contributed by atoms with van der Waals surface area (Å²) in [6, 6.07) is 6.69. The van der Waals surface area contributed by atoms with E-state index < -0.39 is 5.60 Å². The van der Waals surface area contributed by atoms with Gasteiger partial charge in [-0.1, -0.05) is 12.1 Å². The molecule has 1 saturated heterocycles. The van der Waals surface area contributed by atoms with Gasteiger partial charge in [-0.05, 0) is 44.4 Å². The Bertz CT molecular complexity index is 1060. The van der Waals surface area contributed by atoms with Crippen molar-refractivity contribution in [1.82, 2.24) is 19.5 Å². The van der Waals surface area contributed by atoms with Crippen LogP contribution in [0.15, 0.2) is 30.6 Å². The van der Waals surface area contributed by atoms with Gasteiger partial charge in [0.1, 0.15) is 17.8 Å². The number of aliphatic hydroxyl groups is 1. The fraction of sp³-hybridized carbons (Fsp3) is 0.429. The number of phenolic OH excluding ortho intramolecular Hbond substituents is 1. The van der Waals surface area contributed by atoms with E-state index in [-0.39, 0.29) is 18.3 Å². The van der Waals surface area contributed by atoms with Crippen molar-refractivity contribution in [1.29, 1.82) is 0 Å². The van der Waals surface area contributed by atoms with E-state index in [1.807, 2.05) is 11.8 Å². The van der Waals surface area contributed by atoms with E-state index in [1.54, 1.807) is 42.1 Å². The first-order chi connectivity index (χ1) is 14.4. The molecule has 4 rings (SSSR count). The van der Waals surface area contributed by atoms with Crippen molar-refractivity contribution >= 4 is 23.1 Å². The Labute approximate surface area is 174 Å². The normalized spacial score (nSPS) is 16.0. The number of aromatic hydroxyl groups is 1. The van der Waals surface area contributed by atoms with Crippen molar-refractivity contribution in [2.75, 3.05) is 24.6 Å². The molecule has 3 heterocycles. The molecule has 0 radical (unpaired) electrons. The standard InChI is InChI=1S/C21H25N5O4/c1-3-30-17(28)12-26-13-22-18-14(2)23-20(24-19(18)26)25-10-8-21(29,9-11-25)15-4-6-16(27)7-5-15/h4-7,13,27,29H,3,8-12H2,1-2H3. The SMILES string of the molecule is CCOC(=O)Cn1cnc2c(C)nc(N3CCC(O)(c4ccc(O)cc4)CC3)nc21. The van der Waals surface area contributed by atoms with Gasteiger partial charge in [0, 0.05) is 13.1 Å². The van der Waals surface area contributed by atoms with Crippen molar-refractivity contribution in [2.45, 2.75) is 38.8 Å². The lowest BCUT2D eigenvalue weighted by atomic mass is 9.84. The number of phenols is 1. The number of hydrogen-bond acceptors (Lipinski definition) is 8. The molecule has 1 aromatic carbocycles. The van der Waals surface area contributed by atoms with Crippen LogP contribution in [0.4, 0.5) is 5.95 Å². The molecule has 0 spiro atoms. The third kappa shape index (κ3) is 3.80. The molecular weight excluding hydrogens is 386 g/mol. The highest BCUT2D eigenvalue weighted by molar-refractivity contribution is 5.77. The molecule has 1 aliphatic heterocycles. The molecule has 1 fully saturated rings. The molecule has 9 nitrogen and oxygen atoms in total. The number of fused-ring (bicyclic) bond motifs is 1. The van der Waals surface area contributed by atoms with Crippen LogP contribution in [-0.2, 0) is 21.7 Å². The maximum atomic E-state index is 11.9. The number of imidazole rings is 1. The summed E-state index contributed by atoms with van der Waals surface area (Å²) in [7, 11) is 0. The fourth-order valence-corrected chi connectivity index (χ4v) is 3.81. The second kappa shape index (κ2) is 7.91. The van der Waals surface area contributed by atoms with Crippen molar-refractivity contribution in [3.05, 3.63) is 41.9 Å². The average Bonchev–Trinajstić information content (AvgIpc) is 3.12. The summed E-state index contributed by atoms with van der Waals surface area (Å²) in [5.74, 6) is 0.390. The zero-order chi connectivity index (χ0) is 21.3. The predicted molar refractivity (Wildman–Crippen MR) is 110 cm³/mol. The summed E-state index contributed by atoms with van der Waals surface area (Å²) in [5.41, 5.74) is 1.82. The lowest BCUT2D eigenvalue weighted by Gasteiger charge is -2.38. The lowest BCUT2D eigenvalue weighted by molar-refractivity contribution is -0.143. The van der Waals surface area contributed by atoms with E-state index >= 15 is 0 Å². The third-order valence-corrected chi connectivity index (χ3v) is 5.51. The van der Waals surface area contributed by atoms with Gasteiger partial charge in [0.15, 0.2) is 5.65 Å². The number of ether oxygens (including phenoxy) is 1. The van der Waals surface area contributed by atoms with Crippen molar-refractivity contribution in [3.63, 3.8) is 0 Å². The summed E-state index contributed by atoms with van der Waals surface area (Å²) >= 11 is 0. The van der Waals surface area contributed by atoms with Gasteiger partial charge >= 0.3 is 5.97 Å². The summed E-state index contributed by atoms with van der Waals surface area (Å²) in [6.45, 7) is 5.15. The summed E-state index contributed by atoms with van der Waals surface area (Å²) < 4.78 is 6.70. The second-order valence-electron chi connectivity index (χ2n) is 7.52. The van der Waals surface area contributed by atoms with Crippen LogP contribution in [0.25, 0.3) is 11.2 Å². The maximum Gasteiger partial charge on any atom is 0.326 e. The number of benzene rings is 1. The molecule has 0 aliphatic carbocycles. The molecule has 0 amide bonds. The molecule has 1 aliphatic rings. The Morgan fingerprint density at radius 1 is 1.20 bits per heavy atom. The van der Waals surface area contributed by atoms with Gasteiger partial charge in [-0.15, -0.1) is 0 Å². The van der Waals surface area contributed by atoms with Crippen LogP contribution in [0.2, 0.25) is 0 Å². The molecule has 158 valence electrons. The topological polar surface area (TPSA) is 114 Å². The number of nitrogens with zero attached hydrogens (tertiary/aromatic N) is 5. The van der Waals surface area contributed by atoms with E-state index in [0.717, 1.165) is 11.3 Å². The second-order valence-corrected chi connectivity index (χ2v) is 7.52. The number of aryl methyl sites for hydroxylation is 1. The minimum absolute atomic E-state index is 0.0425. The Hall–Kier alpha value is -3.20. The highest BCUT2D eigenvalue weighted by Crippen LogP contribution is 2.34. The zero-order valence-electron chi connectivity index (χ0n) is 17.1. The molecule has 0 saturated carbocycles. The number of carbonyl (C=O) groups excluding carboxylic acids is 1. The van der Waals surface area contributed by atoms with Gasteiger partial charge in [-0.2, -0.15) is 4.98 Å². The van der Waals surface area contributed by atoms with Gasteiger partial charge in [0.2, 0.25) is 5.95 Å². The Morgan fingerprint density at radius 2 is 1.90 bits per heavy atom. The van der Waals surface area contributed by atoms with Crippen molar-refractivity contribution in [2.24, 2.45) is 0 Å². The van der Waals surface area contributed by atoms with Crippen LogP contribution < -0.4 is 4.90 Å². The summed E-state index contributed by atoms with van der Waals surface area (Å²) in [4.78, 5) is 27.5. The van der Waals surface area contributed by atoms with Crippen LogP contribution >= 0.6 is 0 Å². The van der Waals surface area contributed by atoms with E-state index in [9.17, 15) is 15.0 Å². The number of anilines is 1. The highest BCUT2D eigenvalue weighted by atomic mass is 16.5. The first kappa shape index (κ1) is 20.1. The quantitative estimate of drug-likeness (QED) is 0.612. The van der Waals surface area contributed by atoms with Crippen molar-refractivity contribution in [3.8, 4) is 5.75 Å². The van der Waals surface area contributed by atoms with E-state index in [4.69, 9.17) is 4.74 Å². The largest absolute Gasteiger partial charge is 0.508 e. The van der Waals surface area contributed by atoms with Gasteiger partial charge in [0.05, 0.1) is 24.2 Å². The van der Waals surface area contributed by atoms with Crippen LogP contribution in [0.3, 0.4) is 0 Å². The van der Waals surface area contributed by atoms with Gasteiger partial charge in [0.25, 0.3) is 0 Å². The van der Waals surface area contributed by atoms with Gasteiger partial charge in [-0.25, -0.2) is 9.97 Å². The molecule has 3 aromatic rings. The van der Waals surface area contributed by atoms with Gasteiger partial charge < -0.3 is 24.4 Å². The smallest absolute Gasteiger partial charge is 0.326 e. The Kier molecular flexibility index (Phi) is 5.29. The van der Waals surface area contributed by atoms with Crippen LogP contribution in [-0.4, -0.2) is 55.4 Å². The molecule has 9 heteroatoms. The molecule has 0 atom stereocenters. The number of piperidine rings is 1. The molecular formula is C21H25N5O4. The fourth-order valence-electron chi connectivity index (χ4n) is 3.81. The highest BCUT2D eigenvalue weighted by Gasteiger charge is 2.35. The maximum absolute atomic E-state index is 11.9. The first-order valence-electron chi connectivity index (χ1n) is 10.0. The molecule has 2 N–H and O–H groups in total. The monoisotopic (exact) mass is 411 g/mol. The number of hydrogen-bond donors (Lipinski definition) is 2. The first-order valence-corrected chi connectivity index (χ1v) is 10.0. The molecule has 30 heavy (non-hydrogen) atoms. The van der Waals surface area contributed by atoms with E-state index in [2.05, 4.69) is 15.0 Å². The number of esters is 1. The number of aromatic nitrogens is 4. The average molecular weight is 411 g/mol. The van der Waals surface area contributed by atoms with Crippen molar-refractivity contribution < 1.29 is 19.7 Å². The summed E-state index contributed by atoms with van der Waals surface area (Å²) in [5, 5.41) is 20.6. The number of carbonyl (C=O) groups is 1. The zero-order valence-corrected chi connectivity index (χ0v) is 17.1. The van der Waals surface area contributed by atoms with Crippen LogP contribution in [0.5, 0.6) is 5.75 Å². The Morgan fingerprint density at radius 3 is 2.57 bits per heavy atom. The predicted octanol–water partition coefficient (Wildman–Crippen LogP) is 1.89. The van der Waals surface area contributed by atoms with Crippen LogP contribution in [0.1, 0.15) is 31.0 Å². The summed E-state index contributed by atoms with van der Waals surface area (Å²) in [6.07, 6.45) is 2.60.